The number of carbonyl (C=O) groups is 1. The summed E-state index contributed by atoms with van der Waals surface area (Å²) >= 11 is 1.66. The Morgan fingerprint density at radius 3 is 3.12 bits per heavy atom. The van der Waals surface area contributed by atoms with E-state index in [0.717, 1.165) is 35.8 Å². The molecule has 1 aliphatic rings. The highest BCUT2D eigenvalue weighted by Gasteiger charge is 2.32. The Hall–Kier alpha value is -2.34. The lowest BCUT2D eigenvalue weighted by Gasteiger charge is -2.22. The van der Waals surface area contributed by atoms with Gasteiger partial charge in [0.1, 0.15) is 11.8 Å². The van der Waals surface area contributed by atoms with Gasteiger partial charge in [0.15, 0.2) is 5.13 Å². The molecule has 3 heterocycles. The summed E-state index contributed by atoms with van der Waals surface area (Å²) in [5.74, 6) is 0.809. The number of hydrogen-bond donors (Lipinski definition) is 1. The van der Waals surface area contributed by atoms with Crippen molar-refractivity contribution in [3.63, 3.8) is 0 Å². The summed E-state index contributed by atoms with van der Waals surface area (Å²) in [4.78, 5) is 19.5. The number of carbonyl (C=O) groups excluding carboxylic acids is 1. The molecule has 1 atom stereocenters. The van der Waals surface area contributed by atoms with Gasteiger partial charge < -0.3 is 14.6 Å². The standard InChI is InChI=1S/C18H19N3O2S/c1-12-5-2-8-15-16(12)20-18(24-15)21-9-3-7-14(21)17(22)19-11-13-6-4-10-23-13/h2,4-6,8,10,14H,3,7,9,11H2,1H3,(H,19,22). The smallest absolute Gasteiger partial charge is 0.243 e. The molecule has 0 aliphatic carbocycles. The van der Waals surface area contributed by atoms with E-state index in [-0.39, 0.29) is 11.9 Å². The van der Waals surface area contributed by atoms with E-state index in [4.69, 9.17) is 9.40 Å². The first kappa shape index (κ1) is 15.2. The van der Waals surface area contributed by atoms with Crippen LogP contribution in [-0.4, -0.2) is 23.5 Å². The van der Waals surface area contributed by atoms with Crippen molar-refractivity contribution in [2.75, 3.05) is 11.4 Å². The third-order valence-electron chi connectivity index (χ3n) is 4.43. The zero-order valence-electron chi connectivity index (χ0n) is 13.5. The number of rotatable bonds is 4. The summed E-state index contributed by atoms with van der Waals surface area (Å²) < 4.78 is 6.45. The molecule has 24 heavy (non-hydrogen) atoms. The maximum atomic E-state index is 12.6. The van der Waals surface area contributed by atoms with Gasteiger partial charge in [0, 0.05) is 6.54 Å². The molecule has 1 N–H and O–H groups in total. The quantitative estimate of drug-likeness (QED) is 0.789. The predicted octanol–water partition coefficient (Wildman–Crippen LogP) is 3.48. The van der Waals surface area contributed by atoms with Crippen molar-refractivity contribution in [3.05, 3.63) is 47.9 Å². The molecule has 124 valence electrons. The minimum absolute atomic E-state index is 0.0416. The number of furan rings is 1. The fourth-order valence-corrected chi connectivity index (χ4v) is 4.29. The number of amides is 1. The number of nitrogens with zero attached hydrogens (tertiary/aromatic N) is 2. The maximum absolute atomic E-state index is 12.6. The van der Waals surface area contributed by atoms with Gasteiger partial charge in [-0.15, -0.1) is 0 Å². The van der Waals surface area contributed by atoms with Crippen LogP contribution in [0.1, 0.15) is 24.2 Å². The predicted molar refractivity (Wildman–Crippen MR) is 95.3 cm³/mol. The van der Waals surface area contributed by atoms with Crippen molar-refractivity contribution in [2.45, 2.75) is 32.4 Å². The first-order chi connectivity index (χ1) is 11.7. The van der Waals surface area contributed by atoms with Crippen LogP contribution in [0.25, 0.3) is 10.2 Å². The second kappa shape index (κ2) is 6.28. The van der Waals surface area contributed by atoms with E-state index >= 15 is 0 Å². The number of thiazole rings is 1. The highest BCUT2D eigenvalue weighted by molar-refractivity contribution is 7.22. The normalized spacial score (nSPS) is 17.5. The molecule has 2 aromatic heterocycles. The van der Waals surface area contributed by atoms with Crippen LogP contribution in [-0.2, 0) is 11.3 Å². The number of aryl methyl sites for hydroxylation is 1. The number of para-hydroxylation sites is 1. The number of fused-ring (bicyclic) bond motifs is 1. The van der Waals surface area contributed by atoms with Crippen LogP contribution >= 0.6 is 11.3 Å². The van der Waals surface area contributed by atoms with E-state index < -0.39 is 0 Å². The lowest BCUT2D eigenvalue weighted by molar-refractivity contribution is -0.122. The SMILES string of the molecule is Cc1cccc2sc(N3CCCC3C(=O)NCc3ccco3)nc12. The summed E-state index contributed by atoms with van der Waals surface area (Å²) in [7, 11) is 0. The van der Waals surface area contributed by atoms with Crippen LogP contribution in [0.5, 0.6) is 0 Å². The number of aromatic nitrogens is 1. The van der Waals surface area contributed by atoms with Crippen molar-refractivity contribution < 1.29 is 9.21 Å². The van der Waals surface area contributed by atoms with Gasteiger partial charge >= 0.3 is 0 Å². The fraction of sp³-hybridized carbons (Fsp3) is 0.333. The van der Waals surface area contributed by atoms with Crippen LogP contribution in [0.3, 0.4) is 0 Å². The number of hydrogen-bond acceptors (Lipinski definition) is 5. The van der Waals surface area contributed by atoms with Gasteiger partial charge in [-0.3, -0.25) is 4.79 Å². The molecule has 4 rings (SSSR count). The Labute approximate surface area is 144 Å². The van der Waals surface area contributed by atoms with Gasteiger partial charge in [-0.2, -0.15) is 0 Å². The molecule has 1 unspecified atom stereocenters. The summed E-state index contributed by atoms with van der Waals surface area (Å²) in [5, 5.41) is 3.91. The molecular weight excluding hydrogens is 322 g/mol. The summed E-state index contributed by atoms with van der Waals surface area (Å²) in [6, 6.07) is 9.75. The molecule has 1 aromatic carbocycles. The van der Waals surface area contributed by atoms with Crippen molar-refractivity contribution >= 4 is 32.6 Å². The van der Waals surface area contributed by atoms with E-state index in [1.54, 1.807) is 17.6 Å². The molecule has 0 saturated carbocycles. The molecule has 6 heteroatoms. The molecule has 5 nitrogen and oxygen atoms in total. The topological polar surface area (TPSA) is 58.4 Å². The Bertz CT molecular complexity index is 856. The van der Waals surface area contributed by atoms with E-state index in [1.165, 1.54) is 10.3 Å². The van der Waals surface area contributed by atoms with Crippen LogP contribution < -0.4 is 10.2 Å². The van der Waals surface area contributed by atoms with Gasteiger partial charge in [0.25, 0.3) is 0 Å². The zero-order chi connectivity index (χ0) is 16.5. The van der Waals surface area contributed by atoms with Gasteiger partial charge in [0.2, 0.25) is 5.91 Å². The van der Waals surface area contributed by atoms with Gasteiger partial charge in [-0.25, -0.2) is 4.98 Å². The molecule has 0 bridgehead atoms. The lowest BCUT2D eigenvalue weighted by atomic mass is 10.2. The van der Waals surface area contributed by atoms with Crippen molar-refractivity contribution in [1.82, 2.24) is 10.3 Å². The van der Waals surface area contributed by atoms with E-state index in [0.29, 0.717) is 6.54 Å². The number of anilines is 1. The third kappa shape index (κ3) is 2.78. The van der Waals surface area contributed by atoms with Crippen molar-refractivity contribution in [1.29, 1.82) is 0 Å². The Balaban J connectivity index is 1.53. The van der Waals surface area contributed by atoms with Crippen LogP contribution in [0.15, 0.2) is 41.0 Å². The van der Waals surface area contributed by atoms with E-state index in [2.05, 4.69) is 35.3 Å². The Kier molecular flexibility index (Phi) is 3.98. The molecule has 1 amide bonds. The highest BCUT2D eigenvalue weighted by Crippen LogP contribution is 2.34. The molecular formula is C18H19N3O2S. The van der Waals surface area contributed by atoms with Crippen LogP contribution in [0.4, 0.5) is 5.13 Å². The first-order valence-electron chi connectivity index (χ1n) is 8.15. The van der Waals surface area contributed by atoms with Crippen molar-refractivity contribution in [3.8, 4) is 0 Å². The lowest BCUT2D eigenvalue weighted by Crippen LogP contribution is -2.43. The molecule has 1 fully saturated rings. The van der Waals surface area contributed by atoms with Gasteiger partial charge in [0.05, 0.1) is 23.0 Å². The fourth-order valence-electron chi connectivity index (χ4n) is 3.17. The Morgan fingerprint density at radius 2 is 2.33 bits per heavy atom. The molecule has 0 radical (unpaired) electrons. The molecule has 3 aromatic rings. The summed E-state index contributed by atoms with van der Waals surface area (Å²) in [6.45, 7) is 3.37. The average Bonchev–Trinajstić information content (AvgIpc) is 3.31. The van der Waals surface area contributed by atoms with E-state index in [1.807, 2.05) is 12.1 Å². The number of nitrogens with one attached hydrogen (secondary N) is 1. The van der Waals surface area contributed by atoms with Crippen molar-refractivity contribution in [2.24, 2.45) is 0 Å². The zero-order valence-corrected chi connectivity index (χ0v) is 14.3. The Morgan fingerprint density at radius 1 is 1.42 bits per heavy atom. The molecule has 1 saturated heterocycles. The second-order valence-corrected chi connectivity index (χ2v) is 7.08. The van der Waals surface area contributed by atoms with Gasteiger partial charge in [-0.05, 0) is 43.5 Å². The third-order valence-corrected chi connectivity index (χ3v) is 5.49. The van der Waals surface area contributed by atoms with Gasteiger partial charge in [-0.1, -0.05) is 23.5 Å². The summed E-state index contributed by atoms with van der Waals surface area (Å²) in [5.41, 5.74) is 2.21. The average molecular weight is 341 g/mol. The minimum atomic E-state index is -0.152. The minimum Gasteiger partial charge on any atom is -0.467 e. The van der Waals surface area contributed by atoms with Crippen LogP contribution in [0.2, 0.25) is 0 Å². The molecule has 1 aliphatic heterocycles. The first-order valence-corrected chi connectivity index (χ1v) is 8.97. The summed E-state index contributed by atoms with van der Waals surface area (Å²) in [6.07, 6.45) is 3.49. The maximum Gasteiger partial charge on any atom is 0.243 e. The van der Waals surface area contributed by atoms with Crippen LogP contribution in [0, 0.1) is 6.92 Å². The van der Waals surface area contributed by atoms with E-state index in [9.17, 15) is 4.79 Å². The molecule has 0 spiro atoms. The highest BCUT2D eigenvalue weighted by atomic mass is 32.1. The largest absolute Gasteiger partial charge is 0.467 e. The monoisotopic (exact) mass is 341 g/mol. The number of benzene rings is 1. The second-order valence-electron chi connectivity index (χ2n) is 6.07.